The van der Waals surface area contributed by atoms with Crippen LogP contribution >= 0.6 is 11.6 Å². The van der Waals surface area contributed by atoms with Crippen LogP contribution in [0, 0.1) is 0 Å². The molecule has 0 aromatic heterocycles. The predicted octanol–water partition coefficient (Wildman–Crippen LogP) is 2.10. The lowest BCUT2D eigenvalue weighted by molar-refractivity contribution is -0.123. The van der Waals surface area contributed by atoms with E-state index in [2.05, 4.69) is 15.4 Å². The van der Waals surface area contributed by atoms with Crippen molar-refractivity contribution in [1.82, 2.24) is 4.72 Å². The van der Waals surface area contributed by atoms with Gasteiger partial charge >= 0.3 is 0 Å². The van der Waals surface area contributed by atoms with Gasteiger partial charge in [0.15, 0.2) is 0 Å². The van der Waals surface area contributed by atoms with Crippen LogP contribution in [-0.2, 0) is 26.2 Å². The molecule has 0 unspecified atom stereocenters. The molecule has 1 aliphatic rings. The molecule has 3 rings (SSSR count). The van der Waals surface area contributed by atoms with E-state index < -0.39 is 21.8 Å². The van der Waals surface area contributed by atoms with Gasteiger partial charge in [0.05, 0.1) is 16.3 Å². The Morgan fingerprint density at radius 1 is 1.00 bits per heavy atom. The number of nitrogens with one attached hydrogen (secondary N) is 3. The Labute approximate surface area is 149 Å². The normalized spacial score (nSPS) is 14.3. The van der Waals surface area contributed by atoms with Crippen molar-refractivity contribution < 1.29 is 18.0 Å². The number of hydrogen-bond donors (Lipinski definition) is 3. The number of hydrogen-bond acceptors (Lipinski definition) is 4. The maximum absolute atomic E-state index is 12.5. The Morgan fingerprint density at radius 3 is 2.40 bits per heavy atom. The molecule has 2 aromatic carbocycles. The number of carbonyl (C=O) groups excluding carboxylic acids is 2. The molecule has 0 saturated carbocycles. The molecule has 0 atom stereocenters. The Kier molecular flexibility index (Phi) is 4.76. The molecular formula is C16H14ClN3O4S. The molecule has 25 heavy (non-hydrogen) atoms. The van der Waals surface area contributed by atoms with E-state index >= 15 is 0 Å². The van der Waals surface area contributed by atoms with Gasteiger partial charge in [0, 0.05) is 11.6 Å². The van der Waals surface area contributed by atoms with E-state index in [1.54, 1.807) is 24.3 Å². The molecule has 3 N–H and O–H groups in total. The minimum Gasteiger partial charge on any atom is -0.324 e. The quantitative estimate of drug-likeness (QED) is 0.707. The van der Waals surface area contributed by atoms with Crippen molar-refractivity contribution in [3.05, 3.63) is 53.1 Å². The second-order valence-corrected chi connectivity index (χ2v) is 7.57. The van der Waals surface area contributed by atoms with Crippen molar-refractivity contribution in [1.29, 1.82) is 0 Å². The summed E-state index contributed by atoms with van der Waals surface area (Å²) in [7, 11) is -3.82. The number of amides is 2. The van der Waals surface area contributed by atoms with Crippen molar-refractivity contribution >= 4 is 44.8 Å². The van der Waals surface area contributed by atoms with Gasteiger partial charge < -0.3 is 10.6 Å². The molecule has 130 valence electrons. The lowest BCUT2D eigenvalue weighted by Gasteiger charge is -2.11. The third-order valence-electron chi connectivity index (χ3n) is 3.58. The third kappa shape index (κ3) is 3.98. The highest BCUT2D eigenvalue weighted by Crippen LogP contribution is 2.28. The molecular weight excluding hydrogens is 366 g/mol. The minimum atomic E-state index is -3.82. The van der Waals surface area contributed by atoms with E-state index in [1.165, 1.54) is 18.2 Å². The van der Waals surface area contributed by atoms with Crippen LogP contribution in [0.4, 0.5) is 11.4 Å². The van der Waals surface area contributed by atoms with Gasteiger partial charge in [-0.1, -0.05) is 29.8 Å². The van der Waals surface area contributed by atoms with E-state index in [9.17, 15) is 18.0 Å². The molecule has 2 aromatic rings. The summed E-state index contributed by atoms with van der Waals surface area (Å²) in [5.41, 5.74) is 1.22. The highest BCUT2D eigenvalue weighted by molar-refractivity contribution is 7.89. The molecule has 1 heterocycles. The monoisotopic (exact) mass is 379 g/mol. The topological polar surface area (TPSA) is 104 Å². The van der Waals surface area contributed by atoms with E-state index in [4.69, 9.17) is 11.6 Å². The highest BCUT2D eigenvalue weighted by atomic mass is 35.5. The number of carbonyl (C=O) groups is 2. The van der Waals surface area contributed by atoms with Gasteiger partial charge in [0.1, 0.15) is 6.42 Å². The Balaban J connectivity index is 1.84. The fourth-order valence-corrected chi connectivity index (χ4v) is 3.57. The lowest BCUT2D eigenvalue weighted by atomic mass is 10.2. The van der Waals surface area contributed by atoms with Crippen LogP contribution in [-0.4, -0.2) is 20.2 Å². The highest BCUT2D eigenvalue weighted by Gasteiger charge is 2.21. The average molecular weight is 380 g/mol. The summed E-state index contributed by atoms with van der Waals surface area (Å²) < 4.78 is 27.4. The summed E-state index contributed by atoms with van der Waals surface area (Å²) in [6, 6.07) is 11.0. The SMILES string of the molecule is O=C1CC(=O)Nc2cc(S(=O)(=O)NCc3ccccc3Cl)ccc2N1. The van der Waals surface area contributed by atoms with Gasteiger partial charge in [-0.25, -0.2) is 13.1 Å². The van der Waals surface area contributed by atoms with Crippen LogP contribution < -0.4 is 15.4 Å². The fourth-order valence-electron chi connectivity index (χ4n) is 2.34. The molecule has 7 nitrogen and oxygen atoms in total. The standard InChI is InChI=1S/C16H14ClN3O4S/c17-12-4-2-1-3-10(12)9-18-25(23,24)11-5-6-13-14(7-11)20-16(22)8-15(21)19-13/h1-7,18H,8-9H2,(H,19,21)(H,20,22). The van der Waals surface area contributed by atoms with Crippen molar-refractivity contribution in [2.24, 2.45) is 0 Å². The Bertz CT molecular complexity index is 960. The number of sulfonamides is 1. The van der Waals surface area contributed by atoms with Crippen molar-refractivity contribution in [3.63, 3.8) is 0 Å². The molecule has 0 aliphatic carbocycles. The lowest BCUT2D eigenvalue weighted by Crippen LogP contribution is -2.23. The molecule has 0 fully saturated rings. The van der Waals surface area contributed by atoms with Gasteiger partial charge in [-0.3, -0.25) is 9.59 Å². The Morgan fingerprint density at radius 2 is 1.68 bits per heavy atom. The maximum Gasteiger partial charge on any atom is 0.240 e. The van der Waals surface area contributed by atoms with Crippen molar-refractivity contribution in [2.45, 2.75) is 17.9 Å². The summed E-state index contributed by atoms with van der Waals surface area (Å²) >= 11 is 6.02. The first-order valence-corrected chi connectivity index (χ1v) is 9.18. The van der Waals surface area contributed by atoms with Crippen LogP contribution in [0.3, 0.4) is 0 Å². The average Bonchev–Trinajstić information content (AvgIpc) is 2.69. The third-order valence-corrected chi connectivity index (χ3v) is 5.35. The number of benzene rings is 2. The van der Waals surface area contributed by atoms with Crippen LogP contribution in [0.1, 0.15) is 12.0 Å². The van der Waals surface area contributed by atoms with Crippen LogP contribution in [0.25, 0.3) is 0 Å². The molecule has 0 spiro atoms. The van der Waals surface area contributed by atoms with Crippen LogP contribution in [0.15, 0.2) is 47.4 Å². The summed E-state index contributed by atoms with van der Waals surface area (Å²) in [5.74, 6) is -0.960. The zero-order valence-electron chi connectivity index (χ0n) is 12.9. The second kappa shape index (κ2) is 6.83. The second-order valence-electron chi connectivity index (χ2n) is 5.40. The van der Waals surface area contributed by atoms with Gasteiger partial charge in [0.25, 0.3) is 0 Å². The summed E-state index contributed by atoms with van der Waals surface area (Å²) in [6.45, 7) is 0.0299. The first kappa shape index (κ1) is 17.4. The number of halogens is 1. The van der Waals surface area contributed by atoms with Gasteiger partial charge in [-0.05, 0) is 29.8 Å². The molecule has 0 bridgehead atoms. The summed E-state index contributed by atoms with van der Waals surface area (Å²) in [6.07, 6.45) is -0.318. The fraction of sp³-hybridized carbons (Fsp3) is 0.125. The molecule has 9 heteroatoms. The van der Waals surface area contributed by atoms with Gasteiger partial charge in [0.2, 0.25) is 21.8 Å². The van der Waals surface area contributed by atoms with Crippen molar-refractivity contribution in [2.75, 3.05) is 10.6 Å². The minimum absolute atomic E-state index is 0.0299. The predicted molar refractivity (Wildman–Crippen MR) is 93.8 cm³/mol. The number of fused-ring (bicyclic) bond motifs is 1. The number of anilines is 2. The first-order chi connectivity index (χ1) is 11.8. The summed E-state index contributed by atoms with van der Waals surface area (Å²) in [4.78, 5) is 23.1. The van der Waals surface area contributed by atoms with E-state index in [-0.39, 0.29) is 23.5 Å². The molecule has 2 amide bonds. The van der Waals surface area contributed by atoms with E-state index in [0.29, 0.717) is 16.3 Å². The maximum atomic E-state index is 12.5. The van der Waals surface area contributed by atoms with E-state index in [1.807, 2.05) is 0 Å². The van der Waals surface area contributed by atoms with Gasteiger partial charge in [-0.2, -0.15) is 0 Å². The molecule has 1 aliphatic heterocycles. The zero-order chi connectivity index (χ0) is 18.0. The Hall–Kier alpha value is -2.42. The van der Waals surface area contributed by atoms with Crippen LogP contribution in [0.2, 0.25) is 5.02 Å². The number of rotatable bonds is 4. The van der Waals surface area contributed by atoms with Crippen LogP contribution in [0.5, 0.6) is 0 Å². The molecule has 0 saturated heterocycles. The zero-order valence-corrected chi connectivity index (χ0v) is 14.4. The molecule has 0 radical (unpaired) electrons. The van der Waals surface area contributed by atoms with Crippen molar-refractivity contribution in [3.8, 4) is 0 Å². The van der Waals surface area contributed by atoms with Gasteiger partial charge in [-0.15, -0.1) is 0 Å². The first-order valence-electron chi connectivity index (χ1n) is 7.32. The summed E-state index contributed by atoms with van der Waals surface area (Å²) in [5, 5.41) is 5.51. The smallest absolute Gasteiger partial charge is 0.240 e. The van der Waals surface area contributed by atoms with E-state index in [0.717, 1.165) is 0 Å². The largest absolute Gasteiger partial charge is 0.324 e.